The summed E-state index contributed by atoms with van der Waals surface area (Å²) in [6.07, 6.45) is 3.11. The van der Waals surface area contributed by atoms with Crippen LogP contribution >= 0.6 is 0 Å². The molecule has 3 rings (SSSR count). The van der Waals surface area contributed by atoms with Crippen molar-refractivity contribution in [2.75, 3.05) is 13.6 Å². The molecular weight excluding hydrogens is 244 g/mol. The topological polar surface area (TPSA) is 27.8 Å². The first-order valence-electron chi connectivity index (χ1n) is 7.15. The molecule has 0 saturated heterocycles. The monoisotopic (exact) mass is 264 g/mol. The number of hydrogen-bond donors (Lipinski definition) is 2. The van der Waals surface area contributed by atoms with Gasteiger partial charge in [-0.25, -0.2) is 0 Å². The lowest BCUT2D eigenvalue weighted by molar-refractivity contribution is 0.662. The Labute approximate surface area is 119 Å². The predicted molar refractivity (Wildman–Crippen MR) is 85.1 cm³/mol. The third kappa shape index (κ3) is 2.61. The van der Waals surface area contributed by atoms with Crippen LogP contribution in [0.5, 0.6) is 0 Å². The second-order valence-electron chi connectivity index (χ2n) is 5.18. The van der Waals surface area contributed by atoms with E-state index >= 15 is 0 Å². The van der Waals surface area contributed by atoms with Gasteiger partial charge in [-0.3, -0.25) is 0 Å². The highest BCUT2D eigenvalue weighted by Crippen LogP contribution is 2.29. The van der Waals surface area contributed by atoms with Gasteiger partial charge in [0.05, 0.1) is 0 Å². The van der Waals surface area contributed by atoms with E-state index in [1.165, 1.54) is 22.0 Å². The summed E-state index contributed by atoms with van der Waals surface area (Å²) in [6, 6.07) is 19.6. The van der Waals surface area contributed by atoms with Gasteiger partial charge in [0, 0.05) is 17.6 Å². The Balaban J connectivity index is 1.99. The summed E-state index contributed by atoms with van der Waals surface area (Å²) in [5.74, 6) is 0.447. The first-order valence-corrected chi connectivity index (χ1v) is 7.15. The molecule has 2 heteroatoms. The maximum absolute atomic E-state index is 3.26. The highest BCUT2D eigenvalue weighted by molar-refractivity contribution is 5.80. The fraction of sp³-hybridized carbons (Fsp3) is 0.222. The summed E-state index contributed by atoms with van der Waals surface area (Å²) in [4.78, 5) is 3.26. The Morgan fingerprint density at radius 1 is 1.00 bits per heavy atom. The van der Waals surface area contributed by atoms with Crippen LogP contribution in [0.25, 0.3) is 10.9 Å². The summed E-state index contributed by atoms with van der Waals surface area (Å²) in [7, 11) is 2.01. The molecular formula is C18H20N2. The molecule has 0 amide bonds. The Kier molecular flexibility index (Phi) is 3.84. The van der Waals surface area contributed by atoms with Crippen molar-refractivity contribution < 1.29 is 0 Å². The van der Waals surface area contributed by atoms with Gasteiger partial charge in [0.2, 0.25) is 0 Å². The number of fused-ring (bicyclic) bond motifs is 1. The van der Waals surface area contributed by atoms with Gasteiger partial charge >= 0.3 is 0 Å². The van der Waals surface area contributed by atoms with Crippen LogP contribution in [0.4, 0.5) is 0 Å². The number of H-pyrrole nitrogens is 1. The standard InChI is InChI=1S/C18H20N2/c1-19-11-10-17(14-5-3-2-4-6-14)15-7-8-18-16(13-15)9-12-20-18/h2-9,12-13,17,19-20H,10-11H2,1H3. The zero-order valence-electron chi connectivity index (χ0n) is 11.8. The summed E-state index contributed by atoms with van der Waals surface area (Å²) < 4.78 is 0. The van der Waals surface area contributed by atoms with Gasteiger partial charge in [-0.15, -0.1) is 0 Å². The fourth-order valence-corrected chi connectivity index (χ4v) is 2.79. The van der Waals surface area contributed by atoms with Crippen LogP contribution in [0.1, 0.15) is 23.5 Å². The number of benzene rings is 2. The molecule has 2 aromatic carbocycles. The molecule has 1 unspecified atom stereocenters. The largest absolute Gasteiger partial charge is 0.361 e. The molecule has 0 aliphatic carbocycles. The maximum Gasteiger partial charge on any atom is 0.0454 e. The Morgan fingerprint density at radius 3 is 2.65 bits per heavy atom. The van der Waals surface area contributed by atoms with Crippen molar-refractivity contribution in [3.8, 4) is 0 Å². The van der Waals surface area contributed by atoms with Crippen molar-refractivity contribution in [2.45, 2.75) is 12.3 Å². The highest BCUT2D eigenvalue weighted by Gasteiger charge is 2.14. The van der Waals surface area contributed by atoms with Crippen molar-refractivity contribution in [3.63, 3.8) is 0 Å². The average molecular weight is 264 g/mol. The van der Waals surface area contributed by atoms with Crippen LogP contribution in [0, 0.1) is 0 Å². The van der Waals surface area contributed by atoms with Gasteiger partial charge in [0.1, 0.15) is 0 Å². The SMILES string of the molecule is CNCCC(c1ccccc1)c1ccc2[nH]ccc2c1. The van der Waals surface area contributed by atoms with Crippen LogP contribution in [0.2, 0.25) is 0 Å². The molecule has 0 radical (unpaired) electrons. The van der Waals surface area contributed by atoms with Crippen molar-refractivity contribution >= 4 is 10.9 Å². The van der Waals surface area contributed by atoms with E-state index in [2.05, 4.69) is 64.9 Å². The number of rotatable bonds is 5. The quantitative estimate of drug-likeness (QED) is 0.718. The average Bonchev–Trinajstić information content (AvgIpc) is 2.96. The molecule has 1 aromatic heterocycles. The number of aromatic amines is 1. The van der Waals surface area contributed by atoms with Gasteiger partial charge in [0.25, 0.3) is 0 Å². The normalized spacial score (nSPS) is 12.7. The van der Waals surface area contributed by atoms with Crippen LogP contribution in [0.15, 0.2) is 60.8 Å². The van der Waals surface area contributed by atoms with Crippen molar-refractivity contribution in [1.29, 1.82) is 0 Å². The van der Waals surface area contributed by atoms with E-state index in [0.29, 0.717) is 5.92 Å². The molecule has 0 fully saturated rings. The summed E-state index contributed by atoms with van der Waals surface area (Å²) in [5, 5.41) is 4.55. The van der Waals surface area contributed by atoms with Gasteiger partial charge in [-0.2, -0.15) is 0 Å². The van der Waals surface area contributed by atoms with Gasteiger partial charge in [-0.05, 0) is 54.7 Å². The molecule has 0 aliphatic heterocycles. The van der Waals surface area contributed by atoms with Crippen molar-refractivity contribution in [3.05, 3.63) is 71.9 Å². The smallest absolute Gasteiger partial charge is 0.0454 e. The third-order valence-electron chi connectivity index (χ3n) is 3.86. The number of nitrogens with one attached hydrogen (secondary N) is 2. The second kappa shape index (κ2) is 5.93. The van der Waals surface area contributed by atoms with E-state index < -0.39 is 0 Å². The maximum atomic E-state index is 3.26. The van der Waals surface area contributed by atoms with Crippen LogP contribution in [-0.4, -0.2) is 18.6 Å². The Hall–Kier alpha value is -2.06. The van der Waals surface area contributed by atoms with Crippen LogP contribution in [0.3, 0.4) is 0 Å². The van der Waals surface area contributed by atoms with E-state index in [1.54, 1.807) is 0 Å². The van der Waals surface area contributed by atoms with Gasteiger partial charge in [0.15, 0.2) is 0 Å². The molecule has 0 bridgehead atoms. The molecule has 0 saturated carbocycles. The lowest BCUT2D eigenvalue weighted by Gasteiger charge is -2.18. The zero-order valence-corrected chi connectivity index (χ0v) is 11.8. The van der Waals surface area contributed by atoms with E-state index in [9.17, 15) is 0 Å². The lowest BCUT2D eigenvalue weighted by Crippen LogP contribution is -2.13. The van der Waals surface area contributed by atoms with E-state index in [0.717, 1.165) is 13.0 Å². The zero-order chi connectivity index (χ0) is 13.8. The van der Waals surface area contributed by atoms with E-state index in [1.807, 2.05) is 13.2 Å². The molecule has 102 valence electrons. The Morgan fingerprint density at radius 2 is 1.85 bits per heavy atom. The number of aromatic nitrogens is 1. The third-order valence-corrected chi connectivity index (χ3v) is 3.86. The lowest BCUT2D eigenvalue weighted by atomic mass is 9.88. The van der Waals surface area contributed by atoms with E-state index in [4.69, 9.17) is 0 Å². The van der Waals surface area contributed by atoms with Gasteiger partial charge in [-0.1, -0.05) is 36.4 Å². The Bertz CT molecular complexity index is 670. The molecule has 2 nitrogen and oxygen atoms in total. The highest BCUT2D eigenvalue weighted by atomic mass is 14.8. The number of hydrogen-bond acceptors (Lipinski definition) is 1. The minimum atomic E-state index is 0.447. The summed E-state index contributed by atoms with van der Waals surface area (Å²) >= 11 is 0. The van der Waals surface area contributed by atoms with Crippen LogP contribution < -0.4 is 5.32 Å². The van der Waals surface area contributed by atoms with E-state index in [-0.39, 0.29) is 0 Å². The molecule has 3 aromatic rings. The minimum Gasteiger partial charge on any atom is -0.361 e. The predicted octanol–water partition coefficient (Wildman–Crippen LogP) is 3.91. The summed E-state index contributed by atoms with van der Waals surface area (Å²) in [5.41, 5.74) is 3.98. The molecule has 0 aliphatic rings. The summed E-state index contributed by atoms with van der Waals surface area (Å²) in [6.45, 7) is 1.02. The molecule has 1 atom stereocenters. The minimum absolute atomic E-state index is 0.447. The van der Waals surface area contributed by atoms with Crippen molar-refractivity contribution in [1.82, 2.24) is 10.3 Å². The molecule has 0 spiro atoms. The molecule has 2 N–H and O–H groups in total. The fourth-order valence-electron chi connectivity index (χ4n) is 2.79. The first kappa shape index (κ1) is 12.9. The van der Waals surface area contributed by atoms with Crippen LogP contribution in [-0.2, 0) is 0 Å². The molecule has 1 heterocycles. The van der Waals surface area contributed by atoms with Crippen molar-refractivity contribution in [2.24, 2.45) is 0 Å². The first-order chi connectivity index (χ1) is 9.88. The van der Waals surface area contributed by atoms with Gasteiger partial charge < -0.3 is 10.3 Å². The second-order valence-corrected chi connectivity index (χ2v) is 5.18. The molecule has 20 heavy (non-hydrogen) atoms.